The topological polar surface area (TPSA) is 59.9 Å². The summed E-state index contributed by atoms with van der Waals surface area (Å²) in [5.74, 6) is 0.737. The van der Waals surface area contributed by atoms with Crippen molar-refractivity contribution in [1.82, 2.24) is 20.3 Å². The fourth-order valence-electron chi connectivity index (χ4n) is 1.85. The van der Waals surface area contributed by atoms with Crippen LogP contribution in [-0.2, 0) is 0 Å². The van der Waals surface area contributed by atoms with E-state index in [0.29, 0.717) is 0 Å². The molecule has 0 bridgehead atoms. The second-order valence-electron chi connectivity index (χ2n) is 4.23. The van der Waals surface area contributed by atoms with Gasteiger partial charge in [-0.3, -0.25) is 15.0 Å². The average Bonchev–Trinajstić information content (AvgIpc) is 2.46. The monoisotopic (exact) mass is 258 g/mol. The van der Waals surface area contributed by atoms with E-state index in [-0.39, 0.29) is 6.04 Å². The van der Waals surface area contributed by atoms with Crippen LogP contribution in [0, 0.1) is 6.92 Å². The Morgan fingerprint density at radius 2 is 2.05 bits per heavy atom. The maximum Gasteiger partial charge on any atom is 0.137 e. The fraction of sp³-hybridized carbons (Fsp3) is 0.357. The van der Waals surface area contributed by atoms with Crippen molar-refractivity contribution in [2.24, 2.45) is 0 Å². The van der Waals surface area contributed by atoms with E-state index in [0.717, 1.165) is 29.2 Å². The zero-order valence-corrected chi connectivity index (χ0v) is 11.4. The molecule has 2 heterocycles. The molecule has 0 saturated heterocycles. The summed E-state index contributed by atoms with van der Waals surface area (Å²) in [5, 5.41) is 3.39. The van der Waals surface area contributed by atoms with Crippen molar-refractivity contribution < 1.29 is 4.74 Å². The maximum atomic E-state index is 5.21. The molecule has 0 aliphatic heterocycles. The third-order valence-corrected chi connectivity index (χ3v) is 2.81. The van der Waals surface area contributed by atoms with Crippen LogP contribution in [0.2, 0.25) is 0 Å². The molecule has 0 aromatic carbocycles. The molecule has 1 atom stereocenters. The van der Waals surface area contributed by atoms with Crippen molar-refractivity contribution in [2.45, 2.75) is 19.9 Å². The number of hydrogen-bond donors (Lipinski definition) is 1. The van der Waals surface area contributed by atoms with Gasteiger partial charge in [0.2, 0.25) is 0 Å². The van der Waals surface area contributed by atoms with E-state index < -0.39 is 0 Å². The van der Waals surface area contributed by atoms with Crippen LogP contribution in [0.5, 0.6) is 5.75 Å². The second kappa shape index (κ2) is 6.24. The lowest BCUT2D eigenvalue weighted by Crippen LogP contribution is -2.23. The lowest BCUT2D eigenvalue weighted by atomic mass is 10.1. The van der Waals surface area contributed by atoms with Crippen LogP contribution in [0.1, 0.15) is 29.9 Å². The number of nitrogens with one attached hydrogen (secondary N) is 1. The highest BCUT2D eigenvalue weighted by Crippen LogP contribution is 2.22. The number of ether oxygens (including phenoxy) is 1. The summed E-state index contributed by atoms with van der Waals surface area (Å²) in [6.45, 7) is 4.81. The van der Waals surface area contributed by atoms with Crippen LogP contribution in [0.25, 0.3) is 0 Å². The Balaban J connectivity index is 2.35. The number of rotatable bonds is 5. The summed E-state index contributed by atoms with van der Waals surface area (Å²) in [4.78, 5) is 12.9. The number of hydrogen-bond acceptors (Lipinski definition) is 5. The summed E-state index contributed by atoms with van der Waals surface area (Å²) < 4.78 is 5.21. The first-order valence-electron chi connectivity index (χ1n) is 6.25. The molecule has 0 radical (unpaired) electrons. The van der Waals surface area contributed by atoms with E-state index in [9.17, 15) is 0 Å². The van der Waals surface area contributed by atoms with Crippen molar-refractivity contribution in [3.05, 3.63) is 47.8 Å². The van der Waals surface area contributed by atoms with Crippen molar-refractivity contribution >= 4 is 0 Å². The van der Waals surface area contributed by atoms with E-state index in [2.05, 4.69) is 27.2 Å². The van der Waals surface area contributed by atoms with Gasteiger partial charge in [0.15, 0.2) is 0 Å². The minimum absolute atomic E-state index is 0.0271. The van der Waals surface area contributed by atoms with E-state index in [1.54, 1.807) is 25.7 Å². The molecular formula is C14H18N4O. The molecule has 0 aliphatic rings. The molecule has 0 aliphatic carbocycles. The van der Waals surface area contributed by atoms with Gasteiger partial charge in [-0.2, -0.15) is 0 Å². The standard InChI is InChI=1S/C14H18N4O/c1-4-16-14(13-9-17-10(2)6-18-13)11-5-12(19-3)8-15-7-11/h5-9,14,16H,4H2,1-3H3. The molecule has 0 saturated carbocycles. The first kappa shape index (κ1) is 13.4. The first-order chi connectivity index (χ1) is 9.24. The Hall–Kier alpha value is -2.01. The van der Waals surface area contributed by atoms with E-state index in [4.69, 9.17) is 4.74 Å². The van der Waals surface area contributed by atoms with E-state index in [1.807, 2.05) is 19.2 Å². The second-order valence-corrected chi connectivity index (χ2v) is 4.23. The van der Waals surface area contributed by atoms with Crippen molar-refractivity contribution in [3.8, 4) is 5.75 Å². The first-order valence-corrected chi connectivity index (χ1v) is 6.25. The molecule has 2 rings (SSSR count). The average molecular weight is 258 g/mol. The third-order valence-electron chi connectivity index (χ3n) is 2.81. The van der Waals surface area contributed by atoms with Gasteiger partial charge in [-0.15, -0.1) is 0 Å². The van der Waals surface area contributed by atoms with Gasteiger partial charge >= 0.3 is 0 Å². The molecule has 0 spiro atoms. The zero-order chi connectivity index (χ0) is 13.7. The van der Waals surface area contributed by atoms with Crippen molar-refractivity contribution in [1.29, 1.82) is 0 Å². The fourth-order valence-corrected chi connectivity index (χ4v) is 1.85. The largest absolute Gasteiger partial charge is 0.495 e. The summed E-state index contributed by atoms with van der Waals surface area (Å²) in [6.07, 6.45) is 7.07. The normalized spacial score (nSPS) is 12.2. The molecule has 1 unspecified atom stereocenters. The van der Waals surface area contributed by atoms with Crippen LogP contribution >= 0.6 is 0 Å². The van der Waals surface area contributed by atoms with Gasteiger partial charge in [-0.1, -0.05) is 6.92 Å². The van der Waals surface area contributed by atoms with Crippen molar-refractivity contribution in [3.63, 3.8) is 0 Å². The smallest absolute Gasteiger partial charge is 0.137 e. The van der Waals surface area contributed by atoms with Crippen LogP contribution in [0.3, 0.4) is 0 Å². The summed E-state index contributed by atoms with van der Waals surface area (Å²) in [7, 11) is 1.63. The van der Waals surface area contributed by atoms with E-state index in [1.165, 1.54) is 0 Å². The van der Waals surface area contributed by atoms with Gasteiger partial charge in [0, 0.05) is 12.4 Å². The minimum atomic E-state index is -0.0271. The molecular weight excluding hydrogens is 240 g/mol. The van der Waals surface area contributed by atoms with Gasteiger partial charge in [0.25, 0.3) is 0 Å². The number of aryl methyl sites for hydroxylation is 1. The molecule has 100 valence electrons. The van der Waals surface area contributed by atoms with Gasteiger partial charge in [-0.25, -0.2) is 0 Å². The highest BCUT2D eigenvalue weighted by molar-refractivity contribution is 5.30. The lowest BCUT2D eigenvalue weighted by molar-refractivity contribution is 0.411. The van der Waals surface area contributed by atoms with Crippen LogP contribution < -0.4 is 10.1 Å². The number of methoxy groups -OCH3 is 1. The number of nitrogens with zero attached hydrogens (tertiary/aromatic N) is 3. The van der Waals surface area contributed by atoms with E-state index >= 15 is 0 Å². The molecule has 5 nitrogen and oxygen atoms in total. The lowest BCUT2D eigenvalue weighted by Gasteiger charge is -2.17. The third kappa shape index (κ3) is 3.26. The van der Waals surface area contributed by atoms with Gasteiger partial charge in [-0.05, 0) is 25.1 Å². The SMILES string of the molecule is CCNC(c1cncc(OC)c1)c1cnc(C)cn1. The molecule has 19 heavy (non-hydrogen) atoms. The Labute approximate surface area is 113 Å². The highest BCUT2D eigenvalue weighted by Gasteiger charge is 2.15. The van der Waals surface area contributed by atoms with Crippen LogP contribution in [-0.4, -0.2) is 28.6 Å². The van der Waals surface area contributed by atoms with Gasteiger partial charge in [0.05, 0.1) is 36.9 Å². The quantitative estimate of drug-likeness (QED) is 0.887. The predicted octanol–water partition coefficient (Wildman–Crippen LogP) is 1.89. The van der Waals surface area contributed by atoms with Gasteiger partial charge in [0.1, 0.15) is 5.75 Å². The Morgan fingerprint density at radius 1 is 1.21 bits per heavy atom. The number of aromatic nitrogens is 3. The summed E-state index contributed by atoms with van der Waals surface area (Å²) >= 11 is 0. The van der Waals surface area contributed by atoms with Crippen LogP contribution in [0.4, 0.5) is 0 Å². The summed E-state index contributed by atoms with van der Waals surface area (Å²) in [6, 6.07) is 1.93. The Kier molecular flexibility index (Phi) is 4.41. The molecule has 5 heteroatoms. The zero-order valence-electron chi connectivity index (χ0n) is 11.4. The highest BCUT2D eigenvalue weighted by atomic mass is 16.5. The van der Waals surface area contributed by atoms with Crippen LogP contribution in [0.15, 0.2) is 30.9 Å². The molecule has 2 aromatic rings. The van der Waals surface area contributed by atoms with Crippen molar-refractivity contribution in [2.75, 3.05) is 13.7 Å². The maximum absolute atomic E-state index is 5.21. The predicted molar refractivity (Wildman–Crippen MR) is 73.1 cm³/mol. The minimum Gasteiger partial charge on any atom is -0.495 e. The molecule has 0 amide bonds. The Bertz CT molecular complexity index is 527. The molecule has 0 fully saturated rings. The Morgan fingerprint density at radius 3 is 2.68 bits per heavy atom. The van der Waals surface area contributed by atoms with Gasteiger partial charge < -0.3 is 10.1 Å². The molecule has 2 aromatic heterocycles. The summed E-state index contributed by atoms with van der Waals surface area (Å²) in [5.41, 5.74) is 2.80. The number of pyridine rings is 1. The molecule has 1 N–H and O–H groups in total.